The Morgan fingerprint density at radius 2 is 1.50 bits per heavy atom. The molecule has 0 aliphatic heterocycles. The summed E-state index contributed by atoms with van der Waals surface area (Å²) >= 11 is 0. The number of hydrogen-bond donors (Lipinski definition) is 0. The topological polar surface area (TPSA) is 18.5 Å². The zero-order chi connectivity index (χ0) is 13.0. The van der Waals surface area contributed by atoms with Crippen molar-refractivity contribution < 1.29 is 22.0 Å². The van der Waals surface area contributed by atoms with Crippen LogP contribution in [0.25, 0.3) is 0 Å². The molecule has 0 amide bonds. The molecule has 0 aromatic heterocycles. The Bertz CT molecular complexity index is 258. The monoisotopic (exact) mass is 254 g/mol. The highest BCUT2D eigenvalue weighted by Crippen LogP contribution is 2.29. The SMILES string of the molecule is C=C(C)O[Si](C)(CCC(F)(F)F)OC(=C)C. The minimum Gasteiger partial charge on any atom is -0.517 e. The molecule has 0 radical (unpaired) electrons. The molecular formula is C10H17F3O2Si. The summed E-state index contributed by atoms with van der Waals surface area (Å²) in [5.74, 6) is 0.718. The van der Waals surface area contributed by atoms with Crippen molar-refractivity contribution in [2.45, 2.75) is 39.0 Å². The quantitative estimate of drug-likeness (QED) is 0.524. The highest BCUT2D eigenvalue weighted by Gasteiger charge is 2.40. The van der Waals surface area contributed by atoms with Gasteiger partial charge in [-0.3, -0.25) is 0 Å². The third-order valence-electron chi connectivity index (χ3n) is 1.64. The van der Waals surface area contributed by atoms with Crippen LogP contribution in [0.5, 0.6) is 0 Å². The third-order valence-corrected chi connectivity index (χ3v) is 4.36. The van der Waals surface area contributed by atoms with Gasteiger partial charge >= 0.3 is 14.7 Å². The Hall–Kier alpha value is -0.913. The first-order valence-electron chi connectivity index (χ1n) is 4.80. The van der Waals surface area contributed by atoms with E-state index >= 15 is 0 Å². The second-order valence-corrected chi connectivity index (χ2v) is 7.03. The highest BCUT2D eigenvalue weighted by molar-refractivity contribution is 6.66. The van der Waals surface area contributed by atoms with Crippen molar-refractivity contribution in [2.75, 3.05) is 0 Å². The minimum atomic E-state index is -4.20. The number of rotatable bonds is 6. The summed E-state index contributed by atoms with van der Waals surface area (Å²) in [7, 11) is -2.90. The summed E-state index contributed by atoms with van der Waals surface area (Å²) < 4.78 is 47.0. The fourth-order valence-corrected chi connectivity index (χ4v) is 3.69. The molecule has 0 saturated heterocycles. The fraction of sp³-hybridized carbons (Fsp3) is 0.600. The number of allylic oxidation sites excluding steroid dienone is 2. The number of hydrogen-bond acceptors (Lipinski definition) is 2. The smallest absolute Gasteiger partial charge is 0.457 e. The van der Waals surface area contributed by atoms with E-state index in [9.17, 15) is 13.2 Å². The van der Waals surface area contributed by atoms with Crippen LogP contribution in [-0.4, -0.2) is 14.7 Å². The first-order chi connectivity index (χ1) is 7.04. The first-order valence-corrected chi connectivity index (χ1v) is 7.32. The van der Waals surface area contributed by atoms with Gasteiger partial charge in [-0.05, 0) is 13.8 Å². The van der Waals surface area contributed by atoms with Crippen molar-refractivity contribution in [3.63, 3.8) is 0 Å². The maximum absolute atomic E-state index is 12.1. The molecule has 0 atom stereocenters. The van der Waals surface area contributed by atoms with E-state index in [1.54, 1.807) is 20.4 Å². The zero-order valence-corrected chi connectivity index (χ0v) is 10.8. The summed E-state index contributed by atoms with van der Waals surface area (Å²) in [5.41, 5.74) is 0. The van der Waals surface area contributed by atoms with Gasteiger partial charge in [0.2, 0.25) is 0 Å². The Labute approximate surface area is 95.0 Å². The van der Waals surface area contributed by atoms with Crippen molar-refractivity contribution in [1.29, 1.82) is 0 Å². The van der Waals surface area contributed by atoms with Crippen molar-refractivity contribution in [1.82, 2.24) is 0 Å². The molecule has 0 aliphatic rings. The molecular weight excluding hydrogens is 237 g/mol. The van der Waals surface area contributed by atoms with Crippen LogP contribution in [0.2, 0.25) is 12.6 Å². The van der Waals surface area contributed by atoms with E-state index in [0.29, 0.717) is 11.5 Å². The lowest BCUT2D eigenvalue weighted by Gasteiger charge is -2.28. The lowest BCUT2D eigenvalue weighted by molar-refractivity contribution is -0.131. The third kappa shape index (κ3) is 7.39. The van der Waals surface area contributed by atoms with Gasteiger partial charge in [0.1, 0.15) is 0 Å². The van der Waals surface area contributed by atoms with Crippen LogP contribution in [0, 0.1) is 0 Å². The normalized spacial score (nSPS) is 12.1. The number of halogens is 3. The van der Waals surface area contributed by atoms with E-state index in [0.717, 1.165) is 0 Å². The lowest BCUT2D eigenvalue weighted by atomic mass is 10.5. The molecule has 0 N–H and O–H groups in total. The predicted molar refractivity (Wildman–Crippen MR) is 58.9 cm³/mol. The van der Waals surface area contributed by atoms with Gasteiger partial charge in [-0.1, -0.05) is 13.2 Å². The maximum atomic E-state index is 12.1. The second kappa shape index (κ2) is 5.43. The molecule has 0 aliphatic carbocycles. The fourth-order valence-electron chi connectivity index (χ4n) is 1.23. The summed E-state index contributed by atoms with van der Waals surface area (Å²) in [6.45, 7) is 11.8. The van der Waals surface area contributed by atoms with Gasteiger partial charge in [0.05, 0.1) is 11.5 Å². The van der Waals surface area contributed by atoms with E-state index in [1.165, 1.54) is 0 Å². The van der Waals surface area contributed by atoms with Gasteiger partial charge in [0, 0.05) is 19.0 Å². The zero-order valence-electron chi connectivity index (χ0n) is 9.78. The van der Waals surface area contributed by atoms with Crippen molar-refractivity contribution in [2.24, 2.45) is 0 Å². The molecule has 6 heteroatoms. The van der Waals surface area contributed by atoms with Gasteiger partial charge in [0.15, 0.2) is 0 Å². The molecule has 0 heterocycles. The predicted octanol–water partition coefficient (Wildman–Crippen LogP) is 4.11. The van der Waals surface area contributed by atoms with E-state index in [2.05, 4.69) is 13.2 Å². The summed E-state index contributed by atoms with van der Waals surface area (Å²) in [5, 5.41) is 0. The Balaban J connectivity index is 4.53. The van der Waals surface area contributed by atoms with Crippen LogP contribution >= 0.6 is 0 Å². The molecule has 0 unspecified atom stereocenters. The summed E-state index contributed by atoms with van der Waals surface area (Å²) in [6, 6.07) is -0.170. The molecule has 2 nitrogen and oxygen atoms in total. The maximum Gasteiger partial charge on any atom is 0.457 e. The summed E-state index contributed by atoms with van der Waals surface area (Å²) in [4.78, 5) is 0. The molecule has 16 heavy (non-hydrogen) atoms. The average molecular weight is 254 g/mol. The van der Waals surface area contributed by atoms with E-state index < -0.39 is 21.2 Å². The van der Waals surface area contributed by atoms with E-state index in [-0.39, 0.29) is 6.04 Å². The number of alkyl halides is 3. The Kier molecular flexibility index (Phi) is 5.12. The van der Waals surface area contributed by atoms with Crippen molar-refractivity contribution in [3.05, 3.63) is 24.7 Å². The Morgan fingerprint density at radius 1 is 1.12 bits per heavy atom. The largest absolute Gasteiger partial charge is 0.517 e. The molecule has 0 saturated carbocycles. The average Bonchev–Trinajstić information content (AvgIpc) is 1.96. The Morgan fingerprint density at radius 3 is 1.75 bits per heavy atom. The second-order valence-electron chi connectivity index (χ2n) is 3.86. The van der Waals surface area contributed by atoms with Gasteiger partial charge in [-0.25, -0.2) is 0 Å². The van der Waals surface area contributed by atoms with Crippen LogP contribution in [0.1, 0.15) is 20.3 Å². The van der Waals surface area contributed by atoms with Crippen molar-refractivity contribution >= 4 is 8.56 Å². The van der Waals surface area contributed by atoms with Gasteiger partial charge in [-0.2, -0.15) is 13.2 Å². The molecule has 0 fully saturated rings. The molecule has 0 rings (SSSR count). The first kappa shape index (κ1) is 15.1. The van der Waals surface area contributed by atoms with Crippen LogP contribution in [0.3, 0.4) is 0 Å². The van der Waals surface area contributed by atoms with Crippen LogP contribution in [0.4, 0.5) is 13.2 Å². The molecule has 0 spiro atoms. The minimum absolute atomic E-state index is 0.170. The lowest BCUT2D eigenvalue weighted by Crippen LogP contribution is -2.38. The summed E-state index contributed by atoms with van der Waals surface area (Å²) in [6.07, 6.45) is -5.12. The van der Waals surface area contributed by atoms with Crippen LogP contribution in [0.15, 0.2) is 24.7 Å². The molecule has 0 aromatic rings. The van der Waals surface area contributed by atoms with Gasteiger partial charge in [-0.15, -0.1) is 0 Å². The van der Waals surface area contributed by atoms with Crippen LogP contribution < -0.4 is 0 Å². The molecule has 0 aromatic carbocycles. The van der Waals surface area contributed by atoms with Gasteiger partial charge in [0.25, 0.3) is 0 Å². The van der Waals surface area contributed by atoms with Gasteiger partial charge < -0.3 is 8.85 Å². The highest BCUT2D eigenvalue weighted by atomic mass is 28.4. The van der Waals surface area contributed by atoms with E-state index in [4.69, 9.17) is 8.85 Å². The van der Waals surface area contributed by atoms with Crippen LogP contribution in [-0.2, 0) is 8.85 Å². The molecule has 94 valence electrons. The van der Waals surface area contributed by atoms with E-state index in [1.807, 2.05) is 0 Å². The molecule has 0 bridgehead atoms. The van der Waals surface area contributed by atoms with Crippen molar-refractivity contribution in [3.8, 4) is 0 Å². The standard InChI is InChI=1S/C10H17F3O2Si/c1-8(2)14-16(5,15-9(3)4)7-6-10(11,12)13/h1,3,6-7H2,2,4-5H3.